The summed E-state index contributed by atoms with van der Waals surface area (Å²) in [6, 6.07) is 2.21. The maximum absolute atomic E-state index is 13.0. The van der Waals surface area contributed by atoms with Gasteiger partial charge >= 0.3 is 6.18 Å². The fraction of sp³-hybridized carbons (Fsp3) is 0.111. The highest BCUT2D eigenvalue weighted by molar-refractivity contribution is 9.11. The van der Waals surface area contributed by atoms with Gasteiger partial charge in [-0.15, -0.1) is 0 Å². The van der Waals surface area contributed by atoms with E-state index in [1.807, 2.05) is 0 Å². The summed E-state index contributed by atoms with van der Waals surface area (Å²) in [7, 11) is 0. The molecule has 0 aliphatic rings. The van der Waals surface area contributed by atoms with Crippen LogP contribution in [0.1, 0.15) is 5.56 Å². The van der Waals surface area contributed by atoms with Gasteiger partial charge in [0, 0.05) is 5.56 Å². The number of hydrogen-bond acceptors (Lipinski definition) is 3. The van der Waals surface area contributed by atoms with Crippen LogP contribution in [-0.4, -0.2) is 9.36 Å². The van der Waals surface area contributed by atoms with Gasteiger partial charge in [0.1, 0.15) is 5.82 Å². The molecule has 17 heavy (non-hydrogen) atoms. The average molecular weight is 327 g/mol. The first-order valence-electron chi connectivity index (χ1n) is 4.24. The lowest BCUT2D eigenvalue weighted by atomic mass is 10.1. The molecule has 0 saturated heterocycles. The molecule has 0 unspecified atom stereocenters. The second kappa shape index (κ2) is 4.34. The van der Waals surface area contributed by atoms with Crippen molar-refractivity contribution in [3.8, 4) is 11.4 Å². The van der Waals surface area contributed by atoms with Crippen LogP contribution >= 0.6 is 27.5 Å². The van der Waals surface area contributed by atoms with E-state index in [1.54, 1.807) is 0 Å². The number of nitrogens with zero attached hydrogens (tertiary/aromatic N) is 2. The minimum absolute atomic E-state index is 0.145. The number of hydrogen-bond donors (Lipinski definition) is 0. The molecule has 1 aromatic heterocycles. The Morgan fingerprint density at radius 3 is 2.47 bits per heavy atom. The molecule has 0 aliphatic heterocycles. The van der Waals surface area contributed by atoms with Crippen molar-refractivity contribution >= 4 is 27.5 Å². The van der Waals surface area contributed by atoms with E-state index < -0.39 is 17.6 Å². The Morgan fingerprint density at radius 1 is 1.24 bits per heavy atom. The largest absolute Gasteiger partial charge is 0.417 e. The molecule has 1 heterocycles. The van der Waals surface area contributed by atoms with Crippen molar-refractivity contribution in [2.75, 3.05) is 0 Å². The molecular weight excluding hydrogens is 324 g/mol. The molecule has 0 N–H and O–H groups in total. The molecule has 0 amide bonds. The minimum Gasteiger partial charge on any atom is -0.208 e. The SMILES string of the molecule is Fc1ccc(C(F)(F)F)c(-c2nsc(Br)n2)c1. The molecule has 0 aliphatic carbocycles. The van der Waals surface area contributed by atoms with Gasteiger partial charge in [-0.1, -0.05) is 0 Å². The molecule has 0 spiro atoms. The van der Waals surface area contributed by atoms with E-state index >= 15 is 0 Å². The Bertz CT molecular complexity index is 552. The van der Waals surface area contributed by atoms with E-state index in [1.165, 1.54) is 0 Å². The number of alkyl halides is 3. The van der Waals surface area contributed by atoms with Crippen LogP contribution in [0, 0.1) is 5.82 Å². The van der Waals surface area contributed by atoms with Crippen LogP contribution in [0.15, 0.2) is 22.1 Å². The van der Waals surface area contributed by atoms with Gasteiger partial charge in [0.2, 0.25) is 0 Å². The highest BCUT2D eigenvalue weighted by Crippen LogP contribution is 2.37. The molecule has 0 radical (unpaired) electrons. The summed E-state index contributed by atoms with van der Waals surface area (Å²) in [4.78, 5) is 3.75. The lowest BCUT2D eigenvalue weighted by Crippen LogP contribution is -2.07. The van der Waals surface area contributed by atoms with Crippen molar-refractivity contribution in [3.05, 3.63) is 33.5 Å². The lowest BCUT2D eigenvalue weighted by molar-refractivity contribution is -0.137. The highest BCUT2D eigenvalue weighted by atomic mass is 79.9. The number of rotatable bonds is 1. The summed E-state index contributed by atoms with van der Waals surface area (Å²) in [5.41, 5.74) is -1.32. The predicted molar refractivity (Wildman–Crippen MR) is 58.0 cm³/mol. The van der Waals surface area contributed by atoms with Gasteiger partial charge in [-0.05, 0) is 45.7 Å². The number of benzene rings is 1. The quantitative estimate of drug-likeness (QED) is 0.736. The van der Waals surface area contributed by atoms with Crippen molar-refractivity contribution in [2.45, 2.75) is 6.18 Å². The lowest BCUT2D eigenvalue weighted by Gasteiger charge is -2.10. The van der Waals surface area contributed by atoms with Crippen LogP contribution in [0.2, 0.25) is 0 Å². The third-order valence-corrected chi connectivity index (χ3v) is 3.05. The van der Waals surface area contributed by atoms with Crippen molar-refractivity contribution in [1.29, 1.82) is 0 Å². The Balaban J connectivity index is 2.63. The smallest absolute Gasteiger partial charge is 0.208 e. The second-order valence-electron chi connectivity index (χ2n) is 3.06. The highest BCUT2D eigenvalue weighted by Gasteiger charge is 2.34. The van der Waals surface area contributed by atoms with Gasteiger partial charge in [0.05, 0.1) is 5.56 Å². The molecule has 90 valence electrons. The fourth-order valence-corrected chi connectivity index (χ4v) is 2.08. The molecule has 1 aromatic carbocycles. The third kappa shape index (κ3) is 2.63. The van der Waals surface area contributed by atoms with E-state index in [0.29, 0.717) is 9.98 Å². The van der Waals surface area contributed by atoms with E-state index in [2.05, 4.69) is 25.3 Å². The normalized spacial score (nSPS) is 11.8. The average Bonchev–Trinajstić information content (AvgIpc) is 2.62. The van der Waals surface area contributed by atoms with Crippen molar-refractivity contribution in [3.63, 3.8) is 0 Å². The van der Waals surface area contributed by atoms with Gasteiger partial charge < -0.3 is 0 Å². The molecule has 2 rings (SSSR count). The number of aromatic nitrogens is 2. The molecule has 0 fully saturated rings. The molecule has 8 heteroatoms. The van der Waals surface area contributed by atoms with E-state index in [9.17, 15) is 17.6 Å². The molecule has 0 atom stereocenters. The van der Waals surface area contributed by atoms with Crippen LogP contribution in [0.25, 0.3) is 11.4 Å². The third-order valence-electron chi connectivity index (χ3n) is 1.93. The van der Waals surface area contributed by atoms with Gasteiger partial charge in [0.25, 0.3) is 0 Å². The molecule has 0 bridgehead atoms. The van der Waals surface area contributed by atoms with Gasteiger partial charge in [-0.3, -0.25) is 0 Å². The van der Waals surface area contributed by atoms with E-state index in [-0.39, 0.29) is 11.4 Å². The van der Waals surface area contributed by atoms with Crippen LogP contribution in [0.5, 0.6) is 0 Å². The first kappa shape index (κ1) is 12.4. The summed E-state index contributed by atoms with van der Waals surface area (Å²) in [6.45, 7) is 0. The predicted octanol–water partition coefficient (Wildman–Crippen LogP) is 4.13. The maximum Gasteiger partial charge on any atom is 0.417 e. The molecule has 2 aromatic rings. The summed E-state index contributed by atoms with van der Waals surface area (Å²) in [5.74, 6) is -0.910. The van der Waals surface area contributed by atoms with Crippen LogP contribution < -0.4 is 0 Å². The Kier molecular flexibility index (Phi) is 3.17. The van der Waals surface area contributed by atoms with Crippen molar-refractivity contribution in [2.24, 2.45) is 0 Å². The van der Waals surface area contributed by atoms with Gasteiger partial charge in [0.15, 0.2) is 9.74 Å². The van der Waals surface area contributed by atoms with Crippen LogP contribution in [0.3, 0.4) is 0 Å². The van der Waals surface area contributed by atoms with E-state index in [0.717, 1.165) is 23.7 Å². The Hall–Kier alpha value is -1.02. The first-order valence-corrected chi connectivity index (χ1v) is 5.81. The molecule has 0 saturated carbocycles. The van der Waals surface area contributed by atoms with Gasteiger partial charge in [-0.2, -0.15) is 17.5 Å². The van der Waals surface area contributed by atoms with E-state index in [4.69, 9.17) is 0 Å². The summed E-state index contributed by atoms with van der Waals surface area (Å²) in [6.07, 6.45) is -4.57. The first-order chi connectivity index (χ1) is 7.88. The maximum atomic E-state index is 13.0. The fourth-order valence-electron chi connectivity index (χ4n) is 1.26. The Labute approximate surface area is 106 Å². The van der Waals surface area contributed by atoms with Crippen LogP contribution in [-0.2, 0) is 6.18 Å². The zero-order valence-corrected chi connectivity index (χ0v) is 10.3. The monoisotopic (exact) mass is 326 g/mol. The summed E-state index contributed by atoms with van der Waals surface area (Å²) >= 11 is 3.88. The topological polar surface area (TPSA) is 25.8 Å². The van der Waals surface area contributed by atoms with Crippen molar-refractivity contribution in [1.82, 2.24) is 9.36 Å². The molecular formula is C9H3BrF4N2S. The van der Waals surface area contributed by atoms with Crippen LogP contribution in [0.4, 0.5) is 17.6 Å². The van der Waals surface area contributed by atoms with Crippen molar-refractivity contribution < 1.29 is 17.6 Å². The zero-order valence-electron chi connectivity index (χ0n) is 7.92. The summed E-state index contributed by atoms with van der Waals surface area (Å²) < 4.78 is 55.1. The zero-order chi connectivity index (χ0) is 12.6. The minimum atomic E-state index is -4.57. The van der Waals surface area contributed by atoms with Gasteiger partial charge in [-0.25, -0.2) is 9.37 Å². The molecule has 2 nitrogen and oxygen atoms in total. The number of halogens is 5. The standard InChI is InChI=1S/C9H3BrF4N2S/c10-8-15-7(16-17-8)5-3-4(11)1-2-6(5)9(12,13)14/h1-3H. The Morgan fingerprint density at radius 2 is 1.94 bits per heavy atom. The summed E-state index contributed by atoms with van der Waals surface area (Å²) in [5, 5.41) is 0. The second-order valence-corrected chi connectivity index (χ2v) is 5.09.